The third-order valence-electron chi connectivity index (χ3n) is 2.68. The molecule has 1 aliphatic heterocycles. The van der Waals surface area contributed by atoms with Crippen molar-refractivity contribution >= 4 is 5.91 Å². The zero-order valence-electron chi connectivity index (χ0n) is 9.74. The smallest absolute Gasteiger partial charge is 0.257 e. The van der Waals surface area contributed by atoms with Crippen molar-refractivity contribution in [1.82, 2.24) is 14.9 Å². The molecule has 0 spiro atoms. The number of hydrogen-bond donors (Lipinski definition) is 1. The van der Waals surface area contributed by atoms with Crippen LogP contribution in [0.3, 0.4) is 0 Å². The Balaban J connectivity index is 2.09. The molecule has 1 aliphatic rings. The van der Waals surface area contributed by atoms with Crippen LogP contribution in [0, 0.1) is 0 Å². The average molecular weight is 236 g/mol. The van der Waals surface area contributed by atoms with Gasteiger partial charge in [0, 0.05) is 32.0 Å². The number of nitrogens with zero attached hydrogens (tertiary/aromatic N) is 3. The zero-order valence-corrected chi connectivity index (χ0v) is 9.74. The van der Waals surface area contributed by atoms with Crippen LogP contribution >= 0.6 is 0 Å². The molecule has 2 atom stereocenters. The van der Waals surface area contributed by atoms with Gasteiger partial charge in [0.25, 0.3) is 5.91 Å². The van der Waals surface area contributed by atoms with Crippen molar-refractivity contribution in [2.75, 3.05) is 19.6 Å². The first kappa shape index (κ1) is 11.9. The quantitative estimate of drug-likeness (QED) is 0.760. The van der Waals surface area contributed by atoms with Gasteiger partial charge in [0.2, 0.25) is 0 Å². The van der Waals surface area contributed by atoms with Crippen LogP contribution in [0.5, 0.6) is 0 Å². The summed E-state index contributed by atoms with van der Waals surface area (Å²) in [5.74, 6) is -0.0702. The summed E-state index contributed by atoms with van der Waals surface area (Å²) < 4.78 is 5.60. The highest BCUT2D eigenvalue weighted by Crippen LogP contribution is 2.13. The Kier molecular flexibility index (Phi) is 3.65. The van der Waals surface area contributed by atoms with E-state index in [1.807, 2.05) is 6.92 Å². The first-order chi connectivity index (χ1) is 8.20. The monoisotopic (exact) mass is 236 g/mol. The molecule has 17 heavy (non-hydrogen) atoms. The highest BCUT2D eigenvalue weighted by atomic mass is 16.5. The van der Waals surface area contributed by atoms with Crippen LogP contribution in [0.2, 0.25) is 0 Å². The summed E-state index contributed by atoms with van der Waals surface area (Å²) in [7, 11) is 0. The van der Waals surface area contributed by atoms with E-state index < -0.39 is 0 Å². The summed E-state index contributed by atoms with van der Waals surface area (Å²) in [4.78, 5) is 21.6. The lowest BCUT2D eigenvalue weighted by molar-refractivity contribution is -0.0626. The minimum Gasteiger partial charge on any atom is -0.370 e. The van der Waals surface area contributed by atoms with Gasteiger partial charge in [0.15, 0.2) is 0 Å². The average Bonchev–Trinajstić information content (AvgIpc) is 2.38. The minimum atomic E-state index is -0.0904. The molecule has 2 heterocycles. The Morgan fingerprint density at radius 1 is 1.53 bits per heavy atom. The number of amides is 1. The summed E-state index contributed by atoms with van der Waals surface area (Å²) in [6, 6.07) is 0. The van der Waals surface area contributed by atoms with Crippen LogP contribution in [0.15, 0.2) is 18.7 Å². The fraction of sp³-hybridized carbons (Fsp3) is 0.545. The lowest BCUT2D eigenvalue weighted by atomic mass is 10.2. The molecule has 1 aromatic rings. The molecule has 1 fully saturated rings. The normalized spacial score (nSPS) is 24.7. The van der Waals surface area contributed by atoms with E-state index in [4.69, 9.17) is 10.5 Å². The Hall–Kier alpha value is -1.53. The molecule has 1 aromatic heterocycles. The van der Waals surface area contributed by atoms with E-state index in [1.54, 1.807) is 4.90 Å². The second-order valence-corrected chi connectivity index (χ2v) is 4.14. The van der Waals surface area contributed by atoms with E-state index in [1.165, 1.54) is 18.7 Å². The van der Waals surface area contributed by atoms with E-state index in [-0.39, 0.29) is 18.1 Å². The van der Waals surface area contributed by atoms with Crippen molar-refractivity contribution in [3.05, 3.63) is 24.3 Å². The molecule has 0 saturated carbocycles. The molecular weight excluding hydrogens is 220 g/mol. The molecule has 2 unspecified atom stereocenters. The van der Waals surface area contributed by atoms with Crippen LogP contribution in [0.1, 0.15) is 17.3 Å². The van der Waals surface area contributed by atoms with Crippen molar-refractivity contribution in [3.63, 3.8) is 0 Å². The van der Waals surface area contributed by atoms with Gasteiger partial charge in [-0.1, -0.05) is 0 Å². The molecule has 92 valence electrons. The highest BCUT2D eigenvalue weighted by molar-refractivity contribution is 5.93. The lowest BCUT2D eigenvalue weighted by Gasteiger charge is -2.36. The number of aromatic nitrogens is 2. The van der Waals surface area contributed by atoms with E-state index >= 15 is 0 Å². The number of carbonyl (C=O) groups excluding carboxylic acids is 1. The predicted octanol–water partition coefficient (Wildman–Crippen LogP) is -0.335. The van der Waals surface area contributed by atoms with E-state index in [0.29, 0.717) is 25.2 Å². The minimum absolute atomic E-state index is 0.00545. The SMILES string of the molecule is CC1CN(C(=O)c2cncnc2)CC(CN)O1. The lowest BCUT2D eigenvalue weighted by Crippen LogP contribution is -2.51. The second-order valence-electron chi connectivity index (χ2n) is 4.14. The van der Waals surface area contributed by atoms with Crippen molar-refractivity contribution in [1.29, 1.82) is 0 Å². The van der Waals surface area contributed by atoms with Gasteiger partial charge in [-0.25, -0.2) is 9.97 Å². The highest BCUT2D eigenvalue weighted by Gasteiger charge is 2.28. The largest absolute Gasteiger partial charge is 0.370 e. The summed E-state index contributed by atoms with van der Waals surface area (Å²) in [5, 5.41) is 0. The second kappa shape index (κ2) is 5.20. The van der Waals surface area contributed by atoms with Gasteiger partial charge in [-0.05, 0) is 6.92 Å². The molecule has 1 amide bonds. The molecule has 1 saturated heterocycles. The Morgan fingerprint density at radius 2 is 2.24 bits per heavy atom. The standard InChI is InChI=1S/C11H16N4O2/c1-8-5-15(6-10(2-12)17-8)11(16)9-3-13-7-14-4-9/h3-4,7-8,10H,2,5-6,12H2,1H3. The van der Waals surface area contributed by atoms with Crippen LogP contribution in [-0.2, 0) is 4.74 Å². The Morgan fingerprint density at radius 3 is 2.88 bits per heavy atom. The van der Waals surface area contributed by atoms with Crippen molar-refractivity contribution < 1.29 is 9.53 Å². The summed E-state index contributed by atoms with van der Waals surface area (Å²) in [6.45, 7) is 3.45. The maximum absolute atomic E-state index is 12.2. The molecule has 0 aliphatic carbocycles. The third kappa shape index (κ3) is 2.78. The molecule has 2 rings (SSSR count). The molecule has 6 nitrogen and oxygen atoms in total. The van der Waals surface area contributed by atoms with Crippen LogP contribution in [0.4, 0.5) is 0 Å². The number of ether oxygens (including phenoxy) is 1. The van der Waals surface area contributed by atoms with E-state index in [9.17, 15) is 4.79 Å². The molecule has 0 bridgehead atoms. The number of hydrogen-bond acceptors (Lipinski definition) is 5. The fourth-order valence-electron chi connectivity index (χ4n) is 1.93. The summed E-state index contributed by atoms with van der Waals surface area (Å²) in [6.07, 6.45) is 4.36. The molecular formula is C11H16N4O2. The maximum Gasteiger partial charge on any atom is 0.257 e. The Labute approximate surface area is 99.8 Å². The van der Waals surface area contributed by atoms with Gasteiger partial charge < -0.3 is 15.4 Å². The van der Waals surface area contributed by atoms with Gasteiger partial charge in [-0.15, -0.1) is 0 Å². The molecule has 6 heteroatoms. The van der Waals surface area contributed by atoms with Crippen LogP contribution in [-0.4, -0.2) is 52.6 Å². The number of carbonyl (C=O) groups is 1. The number of morpholine rings is 1. The fourth-order valence-corrected chi connectivity index (χ4v) is 1.93. The molecule has 0 radical (unpaired) electrons. The maximum atomic E-state index is 12.2. The van der Waals surface area contributed by atoms with Crippen LogP contribution in [0.25, 0.3) is 0 Å². The summed E-state index contributed by atoms with van der Waals surface area (Å²) in [5.41, 5.74) is 6.08. The Bertz CT molecular complexity index is 384. The summed E-state index contributed by atoms with van der Waals surface area (Å²) >= 11 is 0. The van der Waals surface area contributed by atoms with Crippen LogP contribution < -0.4 is 5.73 Å². The topological polar surface area (TPSA) is 81.3 Å². The van der Waals surface area contributed by atoms with E-state index in [0.717, 1.165) is 0 Å². The van der Waals surface area contributed by atoms with Crippen molar-refractivity contribution in [3.8, 4) is 0 Å². The first-order valence-electron chi connectivity index (χ1n) is 5.60. The number of nitrogens with two attached hydrogens (primary N) is 1. The third-order valence-corrected chi connectivity index (χ3v) is 2.68. The van der Waals surface area contributed by atoms with E-state index in [2.05, 4.69) is 9.97 Å². The van der Waals surface area contributed by atoms with Gasteiger partial charge in [0.05, 0.1) is 17.8 Å². The van der Waals surface area contributed by atoms with Crippen molar-refractivity contribution in [2.45, 2.75) is 19.1 Å². The molecule has 2 N–H and O–H groups in total. The predicted molar refractivity (Wildman–Crippen MR) is 61.3 cm³/mol. The first-order valence-corrected chi connectivity index (χ1v) is 5.60. The van der Waals surface area contributed by atoms with Gasteiger partial charge in [-0.3, -0.25) is 4.79 Å². The number of rotatable bonds is 2. The van der Waals surface area contributed by atoms with Gasteiger partial charge in [0.1, 0.15) is 6.33 Å². The zero-order chi connectivity index (χ0) is 12.3. The molecule has 0 aromatic carbocycles. The van der Waals surface area contributed by atoms with Crippen molar-refractivity contribution in [2.24, 2.45) is 5.73 Å². The van der Waals surface area contributed by atoms with Gasteiger partial charge >= 0.3 is 0 Å². The van der Waals surface area contributed by atoms with Gasteiger partial charge in [-0.2, -0.15) is 0 Å².